The van der Waals surface area contributed by atoms with Gasteiger partial charge in [0.1, 0.15) is 17.2 Å². The van der Waals surface area contributed by atoms with Crippen LogP contribution in [0.5, 0.6) is 0 Å². The van der Waals surface area contributed by atoms with E-state index in [4.69, 9.17) is 17.3 Å². The molecule has 0 atom stereocenters. The fourth-order valence-electron chi connectivity index (χ4n) is 2.04. The average molecular weight is 294 g/mol. The topological polar surface area (TPSA) is 43.3 Å². The second-order valence-electron chi connectivity index (χ2n) is 4.34. The smallest absolute Gasteiger partial charge is 0.263 e. The standard InChI is InChI=1S/C14H10ClF2N3/c15-10-5-6-11-19-12(14(18)20(11)7-10)8-1-3-9(4-2-8)13(16)17/h1-7,13H,18H2. The summed E-state index contributed by atoms with van der Waals surface area (Å²) >= 11 is 5.91. The molecule has 1 aromatic carbocycles. The van der Waals surface area contributed by atoms with Crippen LogP contribution in [0.25, 0.3) is 16.9 Å². The number of benzene rings is 1. The van der Waals surface area contributed by atoms with E-state index in [-0.39, 0.29) is 5.56 Å². The molecule has 2 aromatic heterocycles. The van der Waals surface area contributed by atoms with Crippen LogP contribution in [-0.2, 0) is 0 Å². The fraction of sp³-hybridized carbons (Fsp3) is 0.0714. The first-order valence-electron chi connectivity index (χ1n) is 5.88. The van der Waals surface area contributed by atoms with Crippen molar-refractivity contribution in [3.8, 4) is 11.3 Å². The number of nitrogen functional groups attached to an aromatic ring is 1. The van der Waals surface area contributed by atoms with Gasteiger partial charge in [-0.1, -0.05) is 35.9 Å². The largest absolute Gasteiger partial charge is 0.383 e. The molecule has 0 amide bonds. The lowest BCUT2D eigenvalue weighted by Gasteiger charge is -2.02. The number of hydrogen-bond acceptors (Lipinski definition) is 2. The van der Waals surface area contributed by atoms with E-state index in [9.17, 15) is 8.78 Å². The van der Waals surface area contributed by atoms with E-state index >= 15 is 0 Å². The number of imidazole rings is 1. The molecule has 0 unspecified atom stereocenters. The van der Waals surface area contributed by atoms with Gasteiger partial charge in [-0.15, -0.1) is 0 Å². The van der Waals surface area contributed by atoms with E-state index in [2.05, 4.69) is 4.98 Å². The first-order chi connectivity index (χ1) is 9.56. The molecule has 2 N–H and O–H groups in total. The van der Waals surface area contributed by atoms with Crippen LogP contribution in [0, 0.1) is 0 Å². The van der Waals surface area contributed by atoms with Crippen LogP contribution in [0.2, 0.25) is 5.02 Å². The summed E-state index contributed by atoms with van der Waals surface area (Å²) in [6.07, 6.45) is -0.822. The molecule has 20 heavy (non-hydrogen) atoms. The van der Waals surface area contributed by atoms with E-state index in [1.807, 2.05) is 0 Å². The normalized spacial score (nSPS) is 11.4. The zero-order valence-electron chi connectivity index (χ0n) is 10.2. The van der Waals surface area contributed by atoms with Crippen LogP contribution >= 0.6 is 11.6 Å². The Morgan fingerprint density at radius 3 is 2.45 bits per heavy atom. The maximum absolute atomic E-state index is 12.5. The predicted octanol–water partition coefficient (Wildman–Crippen LogP) is 4.17. The molecule has 0 bridgehead atoms. The Labute approximate surface area is 118 Å². The highest BCUT2D eigenvalue weighted by Crippen LogP contribution is 2.29. The monoisotopic (exact) mass is 293 g/mol. The lowest BCUT2D eigenvalue weighted by Crippen LogP contribution is -1.94. The van der Waals surface area contributed by atoms with Crippen molar-refractivity contribution in [2.24, 2.45) is 0 Å². The zero-order valence-corrected chi connectivity index (χ0v) is 11.0. The number of hydrogen-bond donors (Lipinski definition) is 1. The van der Waals surface area contributed by atoms with E-state index < -0.39 is 6.43 Å². The summed E-state index contributed by atoms with van der Waals surface area (Å²) in [5.41, 5.74) is 7.89. The highest BCUT2D eigenvalue weighted by Gasteiger charge is 2.13. The van der Waals surface area contributed by atoms with Crippen molar-refractivity contribution in [3.05, 3.63) is 53.2 Å². The molecule has 0 aliphatic carbocycles. The molecule has 6 heteroatoms. The molecule has 3 rings (SSSR count). The van der Waals surface area contributed by atoms with Gasteiger partial charge in [0.2, 0.25) is 0 Å². The number of pyridine rings is 1. The quantitative estimate of drug-likeness (QED) is 0.770. The molecule has 3 aromatic rings. The number of nitrogens with two attached hydrogens (primary N) is 1. The highest BCUT2D eigenvalue weighted by molar-refractivity contribution is 6.30. The molecular formula is C14H10ClF2N3. The first-order valence-corrected chi connectivity index (χ1v) is 6.25. The Morgan fingerprint density at radius 2 is 1.80 bits per heavy atom. The van der Waals surface area contributed by atoms with Gasteiger partial charge in [-0.3, -0.25) is 4.40 Å². The molecule has 0 spiro atoms. The average Bonchev–Trinajstić information content (AvgIpc) is 2.76. The lowest BCUT2D eigenvalue weighted by atomic mass is 10.1. The minimum absolute atomic E-state index is 0.0286. The van der Waals surface area contributed by atoms with Gasteiger partial charge in [0.15, 0.2) is 0 Å². The SMILES string of the molecule is Nc1c(-c2ccc(C(F)F)cc2)nc2ccc(Cl)cn12. The van der Waals surface area contributed by atoms with Gasteiger partial charge >= 0.3 is 0 Å². The van der Waals surface area contributed by atoms with Gasteiger partial charge in [0, 0.05) is 17.3 Å². The summed E-state index contributed by atoms with van der Waals surface area (Å²) in [6, 6.07) is 9.37. The molecule has 102 valence electrons. The number of fused-ring (bicyclic) bond motifs is 1. The van der Waals surface area contributed by atoms with E-state index in [0.717, 1.165) is 0 Å². The highest BCUT2D eigenvalue weighted by atomic mass is 35.5. The van der Waals surface area contributed by atoms with Crippen LogP contribution < -0.4 is 5.73 Å². The lowest BCUT2D eigenvalue weighted by molar-refractivity contribution is 0.151. The van der Waals surface area contributed by atoms with Gasteiger partial charge in [0.05, 0.1) is 5.02 Å². The zero-order chi connectivity index (χ0) is 14.3. The number of halogens is 3. The van der Waals surface area contributed by atoms with Crippen molar-refractivity contribution in [2.45, 2.75) is 6.43 Å². The Bertz CT molecular complexity index is 766. The Kier molecular flexibility index (Phi) is 3.06. The van der Waals surface area contributed by atoms with Crippen LogP contribution in [0.3, 0.4) is 0 Å². The first kappa shape index (κ1) is 12.9. The molecule has 0 saturated carbocycles. The number of anilines is 1. The minimum Gasteiger partial charge on any atom is -0.383 e. The van der Waals surface area contributed by atoms with E-state index in [0.29, 0.717) is 27.7 Å². The number of rotatable bonds is 2. The molecule has 0 aliphatic heterocycles. The maximum Gasteiger partial charge on any atom is 0.263 e. The Balaban J connectivity index is 2.12. The van der Waals surface area contributed by atoms with E-state index in [1.165, 1.54) is 12.1 Å². The van der Waals surface area contributed by atoms with Crippen molar-refractivity contribution in [1.29, 1.82) is 0 Å². The summed E-state index contributed by atoms with van der Waals surface area (Å²) in [5, 5.41) is 0.543. The number of alkyl halides is 2. The summed E-state index contributed by atoms with van der Waals surface area (Å²) in [4.78, 5) is 4.39. The summed E-state index contributed by atoms with van der Waals surface area (Å²) < 4.78 is 26.7. The molecule has 0 saturated heterocycles. The van der Waals surface area contributed by atoms with Crippen molar-refractivity contribution in [1.82, 2.24) is 9.38 Å². The van der Waals surface area contributed by atoms with Crippen molar-refractivity contribution in [3.63, 3.8) is 0 Å². The molecule has 0 radical (unpaired) electrons. The minimum atomic E-state index is -2.48. The third-order valence-electron chi connectivity index (χ3n) is 3.06. The molecular weight excluding hydrogens is 284 g/mol. The van der Waals surface area contributed by atoms with Crippen LogP contribution in [0.1, 0.15) is 12.0 Å². The van der Waals surface area contributed by atoms with Gasteiger partial charge < -0.3 is 5.73 Å². The van der Waals surface area contributed by atoms with Crippen LogP contribution in [0.15, 0.2) is 42.6 Å². The van der Waals surface area contributed by atoms with Gasteiger partial charge in [-0.05, 0) is 12.1 Å². The Hall–Kier alpha value is -2.14. The van der Waals surface area contributed by atoms with Gasteiger partial charge in [-0.25, -0.2) is 13.8 Å². The van der Waals surface area contributed by atoms with Gasteiger partial charge in [0.25, 0.3) is 6.43 Å². The number of nitrogens with zero attached hydrogens (tertiary/aromatic N) is 2. The van der Waals surface area contributed by atoms with E-state index in [1.54, 1.807) is 34.9 Å². The molecule has 3 nitrogen and oxygen atoms in total. The van der Waals surface area contributed by atoms with Crippen molar-refractivity contribution in [2.75, 3.05) is 5.73 Å². The van der Waals surface area contributed by atoms with Crippen molar-refractivity contribution >= 4 is 23.1 Å². The third-order valence-corrected chi connectivity index (χ3v) is 3.28. The predicted molar refractivity (Wildman–Crippen MR) is 75.0 cm³/mol. The van der Waals surface area contributed by atoms with Crippen molar-refractivity contribution < 1.29 is 8.78 Å². The second-order valence-corrected chi connectivity index (χ2v) is 4.78. The summed E-state index contributed by atoms with van der Waals surface area (Å²) in [6.45, 7) is 0. The molecule has 2 heterocycles. The Morgan fingerprint density at radius 1 is 1.10 bits per heavy atom. The van der Waals surface area contributed by atoms with Gasteiger partial charge in [-0.2, -0.15) is 0 Å². The number of aromatic nitrogens is 2. The molecule has 0 fully saturated rings. The third kappa shape index (κ3) is 2.10. The second kappa shape index (κ2) is 4.76. The van der Waals surface area contributed by atoms with Crippen LogP contribution in [-0.4, -0.2) is 9.38 Å². The van der Waals surface area contributed by atoms with Crippen LogP contribution in [0.4, 0.5) is 14.6 Å². The summed E-state index contributed by atoms with van der Waals surface area (Å²) in [7, 11) is 0. The summed E-state index contributed by atoms with van der Waals surface area (Å²) in [5.74, 6) is 0.423. The maximum atomic E-state index is 12.5. The molecule has 0 aliphatic rings. The fourth-order valence-corrected chi connectivity index (χ4v) is 2.20.